The molecule has 0 saturated heterocycles. The summed E-state index contributed by atoms with van der Waals surface area (Å²) in [5.41, 5.74) is 11.6. The fourth-order valence-corrected chi connectivity index (χ4v) is 2.15. The molecule has 4 N–H and O–H groups in total. The Morgan fingerprint density at radius 2 is 1.77 bits per heavy atom. The van der Waals surface area contributed by atoms with Crippen molar-refractivity contribution in [1.29, 1.82) is 5.26 Å². The van der Waals surface area contributed by atoms with E-state index in [1.54, 1.807) is 24.3 Å². The molecule has 1 aromatic heterocycles. The number of hydrogen-bond acceptors (Lipinski definition) is 5. The predicted octanol–water partition coefficient (Wildman–Crippen LogP) is 2.64. The van der Waals surface area contributed by atoms with Gasteiger partial charge < -0.3 is 15.9 Å². The van der Waals surface area contributed by atoms with Gasteiger partial charge in [-0.25, -0.2) is 4.39 Å². The third kappa shape index (κ3) is 2.05. The van der Waals surface area contributed by atoms with Crippen LogP contribution in [0.1, 0.15) is 5.56 Å². The second-order valence-corrected chi connectivity index (χ2v) is 4.73. The third-order valence-corrected chi connectivity index (χ3v) is 3.35. The van der Waals surface area contributed by atoms with Crippen LogP contribution in [0.3, 0.4) is 0 Å². The highest BCUT2D eigenvalue weighted by Gasteiger charge is 2.14. The molecular formula is C16H10FN3O2. The van der Waals surface area contributed by atoms with Crippen molar-refractivity contribution in [3.63, 3.8) is 0 Å². The van der Waals surface area contributed by atoms with Gasteiger partial charge in [-0.05, 0) is 30.3 Å². The molecule has 5 nitrogen and oxygen atoms in total. The zero-order chi connectivity index (χ0) is 15.9. The molecule has 22 heavy (non-hydrogen) atoms. The maximum absolute atomic E-state index is 13.6. The van der Waals surface area contributed by atoms with Gasteiger partial charge in [-0.3, -0.25) is 4.79 Å². The van der Waals surface area contributed by atoms with Crippen LogP contribution in [-0.4, -0.2) is 0 Å². The summed E-state index contributed by atoms with van der Waals surface area (Å²) in [6.45, 7) is 0. The Labute approximate surface area is 124 Å². The summed E-state index contributed by atoms with van der Waals surface area (Å²) < 4.78 is 19.2. The van der Waals surface area contributed by atoms with Crippen LogP contribution in [0, 0.1) is 17.1 Å². The van der Waals surface area contributed by atoms with Crippen LogP contribution in [0.2, 0.25) is 0 Å². The first kappa shape index (κ1) is 13.6. The van der Waals surface area contributed by atoms with E-state index in [2.05, 4.69) is 0 Å². The summed E-state index contributed by atoms with van der Waals surface area (Å²) in [6.07, 6.45) is 0. The number of nitriles is 1. The number of rotatable bonds is 1. The minimum atomic E-state index is -0.761. The number of nitrogens with two attached hydrogens (primary N) is 2. The maximum Gasteiger partial charge on any atom is 0.193 e. The fourth-order valence-electron chi connectivity index (χ4n) is 2.15. The largest absolute Gasteiger partial charge is 0.454 e. The van der Waals surface area contributed by atoms with Gasteiger partial charge in [0, 0.05) is 11.6 Å². The van der Waals surface area contributed by atoms with E-state index in [0.29, 0.717) is 11.1 Å². The molecule has 0 unspecified atom stereocenters. The lowest BCUT2D eigenvalue weighted by atomic mass is 10.1. The Bertz CT molecular complexity index is 985. The van der Waals surface area contributed by atoms with Crippen LogP contribution in [0.5, 0.6) is 0 Å². The number of benzene rings is 2. The Balaban J connectivity index is 2.28. The first-order valence-electron chi connectivity index (χ1n) is 6.33. The summed E-state index contributed by atoms with van der Waals surface area (Å²) in [6, 6.07) is 10.7. The van der Waals surface area contributed by atoms with E-state index in [1.165, 1.54) is 6.07 Å². The number of anilines is 2. The zero-order valence-corrected chi connectivity index (χ0v) is 11.3. The van der Waals surface area contributed by atoms with Crippen molar-refractivity contribution in [3.05, 3.63) is 58.0 Å². The van der Waals surface area contributed by atoms with Crippen LogP contribution >= 0.6 is 0 Å². The van der Waals surface area contributed by atoms with E-state index in [0.717, 1.165) is 6.07 Å². The average Bonchev–Trinajstić information content (AvgIpc) is 2.54. The Morgan fingerprint density at radius 3 is 2.41 bits per heavy atom. The number of halogens is 1. The minimum Gasteiger partial charge on any atom is -0.454 e. The summed E-state index contributed by atoms with van der Waals surface area (Å²) >= 11 is 0. The zero-order valence-electron chi connectivity index (χ0n) is 11.3. The maximum atomic E-state index is 13.6. The summed E-state index contributed by atoms with van der Waals surface area (Å²) in [7, 11) is 0. The molecule has 0 spiro atoms. The van der Waals surface area contributed by atoms with Gasteiger partial charge in [-0.1, -0.05) is 0 Å². The average molecular weight is 295 g/mol. The molecule has 0 amide bonds. The molecule has 0 saturated carbocycles. The molecule has 0 aliphatic heterocycles. The number of nitrogen functional groups attached to an aromatic ring is 2. The van der Waals surface area contributed by atoms with Crippen molar-refractivity contribution >= 4 is 22.3 Å². The quantitative estimate of drug-likeness (QED) is 0.671. The summed E-state index contributed by atoms with van der Waals surface area (Å²) in [4.78, 5) is 12.1. The lowest BCUT2D eigenvalue weighted by Crippen LogP contribution is -2.06. The Hall–Kier alpha value is -3.33. The fraction of sp³-hybridized carbons (Fsp3) is 0. The van der Waals surface area contributed by atoms with Gasteiger partial charge in [0.1, 0.15) is 17.3 Å². The van der Waals surface area contributed by atoms with Gasteiger partial charge in [0.2, 0.25) is 0 Å². The predicted molar refractivity (Wildman–Crippen MR) is 81.4 cm³/mol. The molecule has 3 aromatic rings. The van der Waals surface area contributed by atoms with Crippen LogP contribution in [0.15, 0.2) is 45.6 Å². The second-order valence-electron chi connectivity index (χ2n) is 4.73. The lowest BCUT2D eigenvalue weighted by Gasteiger charge is -2.08. The number of hydrogen-bond donors (Lipinski definition) is 2. The van der Waals surface area contributed by atoms with Gasteiger partial charge in [0.25, 0.3) is 0 Å². The molecule has 0 fully saturated rings. The van der Waals surface area contributed by atoms with Crippen LogP contribution in [0.4, 0.5) is 15.8 Å². The third-order valence-electron chi connectivity index (χ3n) is 3.35. The molecule has 6 heteroatoms. The molecule has 2 aromatic carbocycles. The van der Waals surface area contributed by atoms with Crippen molar-refractivity contribution in [2.24, 2.45) is 0 Å². The van der Waals surface area contributed by atoms with Crippen molar-refractivity contribution in [2.75, 3.05) is 11.5 Å². The van der Waals surface area contributed by atoms with Gasteiger partial charge in [-0.2, -0.15) is 5.26 Å². The highest BCUT2D eigenvalue weighted by Crippen LogP contribution is 2.31. The molecular weight excluding hydrogens is 285 g/mol. The number of fused-ring (bicyclic) bond motifs is 1. The van der Waals surface area contributed by atoms with E-state index >= 15 is 0 Å². The Morgan fingerprint density at radius 1 is 1.09 bits per heavy atom. The van der Waals surface area contributed by atoms with E-state index in [9.17, 15) is 9.18 Å². The van der Waals surface area contributed by atoms with Gasteiger partial charge in [0.05, 0.1) is 22.7 Å². The lowest BCUT2D eigenvalue weighted by molar-refractivity contribution is 0.612. The Kier molecular flexibility index (Phi) is 3.04. The summed E-state index contributed by atoms with van der Waals surface area (Å²) in [5, 5.41) is 8.82. The molecule has 0 radical (unpaired) electrons. The summed E-state index contributed by atoms with van der Waals surface area (Å²) in [5.74, 6) is -0.497. The van der Waals surface area contributed by atoms with Gasteiger partial charge in [0.15, 0.2) is 11.0 Å². The highest BCUT2D eigenvalue weighted by molar-refractivity contribution is 5.94. The molecule has 3 rings (SSSR count). The molecule has 0 bridgehead atoms. The number of nitrogens with zero attached hydrogens (tertiary/aromatic N) is 1. The van der Waals surface area contributed by atoms with Crippen molar-refractivity contribution in [2.45, 2.75) is 0 Å². The molecule has 0 atom stereocenters. The molecule has 0 aliphatic rings. The topological polar surface area (TPSA) is 106 Å². The van der Waals surface area contributed by atoms with Crippen molar-refractivity contribution in [3.8, 4) is 17.4 Å². The van der Waals surface area contributed by atoms with E-state index in [1.807, 2.05) is 6.07 Å². The van der Waals surface area contributed by atoms with Crippen LogP contribution < -0.4 is 16.9 Å². The molecule has 108 valence electrons. The second kappa shape index (κ2) is 4.90. The first-order valence-corrected chi connectivity index (χ1v) is 6.33. The van der Waals surface area contributed by atoms with E-state index in [-0.39, 0.29) is 28.1 Å². The minimum absolute atomic E-state index is 0.0293. The van der Waals surface area contributed by atoms with E-state index in [4.69, 9.17) is 21.1 Å². The van der Waals surface area contributed by atoms with Crippen LogP contribution in [0.25, 0.3) is 22.3 Å². The van der Waals surface area contributed by atoms with Crippen molar-refractivity contribution < 1.29 is 8.81 Å². The van der Waals surface area contributed by atoms with Crippen LogP contribution in [-0.2, 0) is 0 Å². The molecule has 1 heterocycles. The molecule has 0 aliphatic carbocycles. The van der Waals surface area contributed by atoms with Gasteiger partial charge >= 0.3 is 0 Å². The highest BCUT2D eigenvalue weighted by atomic mass is 19.1. The SMILES string of the molecule is N#Cc1ccc(-c2cc(=O)c3cc(F)c(N)c(N)c3o2)cc1. The standard InChI is InChI=1S/C16H10FN3O2/c17-11-5-10-12(21)6-13(22-16(10)15(20)14(11)19)9-3-1-8(7-18)2-4-9/h1-6H,19-20H2. The first-order chi connectivity index (χ1) is 10.5. The van der Waals surface area contributed by atoms with Crippen molar-refractivity contribution in [1.82, 2.24) is 0 Å². The normalized spacial score (nSPS) is 10.5. The van der Waals surface area contributed by atoms with E-state index < -0.39 is 11.2 Å². The monoisotopic (exact) mass is 295 g/mol. The van der Waals surface area contributed by atoms with Gasteiger partial charge in [-0.15, -0.1) is 0 Å². The smallest absolute Gasteiger partial charge is 0.193 e.